The molecule has 1 unspecified atom stereocenters. The third-order valence-electron chi connectivity index (χ3n) is 4.35. The van der Waals surface area contributed by atoms with Crippen LogP contribution in [0.5, 0.6) is 0 Å². The van der Waals surface area contributed by atoms with Crippen LogP contribution in [0.4, 0.5) is 0 Å². The number of carbonyl (C=O) groups excluding carboxylic acids is 1. The number of amides is 1. The zero-order valence-corrected chi connectivity index (χ0v) is 13.6. The fourth-order valence-corrected chi connectivity index (χ4v) is 2.66. The van der Waals surface area contributed by atoms with Crippen molar-refractivity contribution in [2.75, 3.05) is 20.6 Å². The fourth-order valence-electron chi connectivity index (χ4n) is 2.66. The van der Waals surface area contributed by atoms with E-state index in [9.17, 15) is 4.79 Å². The molecule has 1 atom stereocenters. The fraction of sp³-hybridized carbons (Fsp3) is 0.929. The van der Waals surface area contributed by atoms with Gasteiger partial charge in [0.1, 0.15) is 0 Å². The summed E-state index contributed by atoms with van der Waals surface area (Å²) in [5, 5.41) is 3.05. The van der Waals surface area contributed by atoms with E-state index in [1.54, 1.807) is 0 Å². The minimum atomic E-state index is -0.396. The SMILES string of the molecule is CC(C)C(N)C(=O)NCC1(N(C)C)CCCCC1.Cl. The summed E-state index contributed by atoms with van der Waals surface area (Å²) in [7, 11) is 4.22. The topological polar surface area (TPSA) is 58.4 Å². The maximum Gasteiger partial charge on any atom is 0.237 e. The van der Waals surface area contributed by atoms with Crippen molar-refractivity contribution in [2.24, 2.45) is 11.7 Å². The van der Waals surface area contributed by atoms with Crippen LogP contribution in [0.2, 0.25) is 0 Å². The van der Waals surface area contributed by atoms with Crippen LogP contribution in [-0.4, -0.2) is 43.0 Å². The van der Waals surface area contributed by atoms with E-state index in [0.717, 1.165) is 19.4 Å². The van der Waals surface area contributed by atoms with E-state index in [1.165, 1.54) is 19.3 Å². The van der Waals surface area contributed by atoms with Crippen LogP contribution in [-0.2, 0) is 4.79 Å². The summed E-state index contributed by atoms with van der Waals surface area (Å²) >= 11 is 0. The number of likely N-dealkylation sites (N-methyl/N-ethyl adjacent to an activating group) is 1. The van der Waals surface area contributed by atoms with Crippen LogP contribution in [0.25, 0.3) is 0 Å². The molecule has 1 amide bonds. The summed E-state index contributed by atoms with van der Waals surface area (Å²) in [5.74, 6) is 0.170. The normalized spacial score (nSPS) is 19.9. The van der Waals surface area contributed by atoms with E-state index < -0.39 is 6.04 Å². The molecule has 0 aromatic carbocycles. The van der Waals surface area contributed by atoms with Gasteiger partial charge in [-0.25, -0.2) is 0 Å². The van der Waals surface area contributed by atoms with Gasteiger partial charge in [0.05, 0.1) is 6.04 Å². The number of nitrogens with one attached hydrogen (secondary N) is 1. The Kier molecular flexibility index (Phi) is 7.94. The molecule has 4 nitrogen and oxygen atoms in total. The number of nitrogens with zero attached hydrogens (tertiary/aromatic N) is 1. The van der Waals surface area contributed by atoms with Gasteiger partial charge >= 0.3 is 0 Å². The standard InChI is InChI=1S/C14H29N3O.ClH/c1-11(2)12(15)13(18)16-10-14(17(3)4)8-6-5-7-9-14;/h11-12H,5-10,15H2,1-4H3,(H,16,18);1H. The predicted molar refractivity (Wildman–Crippen MR) is 82.6 cm³/mol. The molecule has 0 spiro atoms. The number of rotatable bonds is 5. The van der Waals surface area contributed by atoms with Crippen LogP contribution in [0.15, 0.2) is 0 Å². The minimum Gasteiger partial charge on any atom is -0.353 e. The second-order valence-electron chi connectivity index (χ2n) is 6.17. The van der Waals surface area contributed by atoms with Crippen molar-refractivity contribution in [2.45, 2.75) is 57.5 Å². The first kappa shape index (κ1) is 18.7. The van der Waals surface area contributed by atoms with Crippen LogP contribution in [0, 0.1) is 5.92 Å². The second-order valence-corrected chi connectivity index (χ2v) is 6.17. The van der Waals surface area contributed by atoms with E-state index in [2.05, 4.69) is 24.3 Å². The highest BCUT2D eigenvalue weighted by atomic mass is 35.5. The average Bonchev–Trinajstić information content (AvgIpc) is 2.35. The lowest BCUT2D eigenvalue weighted by Crippen LogP contribution is -2.56. The molecule has 1 aliphatic rings. The van der Waals surface area contributed by atoms with Crippen LogP contribution >= 0.6 is 12.4 Å². The van der Waals surface area contributed by atoms with Gasteiger partial charge in [0.25, 0.3) is 0 Å². The molecule has 3 N–H and O–H groups in total. The molecule has 19 heavy (non-hydrogen) atoms. The number of hydrogen-bond donors (Lipinski definition) is 2. The van der Waals surface area contributed by atoms with Crippen molar-refractivity contribution in [3.05, 3.63) is 0 Å². The van der Waals surface area contributed by atoms with Crippen LogP contribution in [0.1, 0.15) is 46.0 Å². The zero-order valence-electron chi connectivity index (χ0n) is 12.7. The molecule has 1 aliphatic carbocycles. The summed E-state index contributed by atoms with van der Waals surface area (Å²) in [5.41, 5.74) is 6.00. The predicted octanol–water partition coefficient (Wildman–Crippen LogP) is 1.77. The average molecular weight is 292 g/mol. The van der Waals surface area contributed by atoms with Gasteiger partial charge in [-0.3, -0.25) is 4.79 Å². The zero-order chi connectivity index (χ0) is 13.8. The summed E-state index contributed by atoms with van der Waals surface area (Å²) in [6, 6.07) is -0.396. The van der Waals surface area contributed by atoms with Crippen molar-refractivity contribution in [3.63, 3.8) is 0 Å². The monoisotopic (exact) mass is 291 g/mol. The van der Waals surface area contributed by atoms with Gasteiger partial charge in [0, 0.05) is 12.1 Å². The third-order valence-corrected chi connectivity index (χ3v) is 4.35. The van der Waals surface area contributed by atoms with E-state index in [1.807, 2.05) is 13.8 Å². The van der Waals surface area contributed by atoms with E-state index >= 15 is 0 Å². The molecular weight excluding hydrogens is 262 g/mol. The van der Waals surface area contributed by atoms with Crippen LogP contribution < -0.4 is 11.1 Å². The Morgan fingerprint density at radius 3 is 2.21 bits per heavy atom. The van der Waals surface area contributed by atoms with Gasteiger partial charge in [-0.2, -0.15) is 0 Å². The van der Waals surface area contributed by atoms with Crippen LogP contribution in [0.3, 0.4) is 0 Å². The number of nitrogens with two attached hydrogens (primary N) is 1. The summed E-state index contributed by atoms with van der Waals surface area (Å²) in [6.07, 6.45) is 6.15. The molecule has 0 radical (unpaired) electrons. The van der Waals surface area contributed by atoms with Crippen molar-refractivity contribution >= 4 is 18.3 Å². The van der Waals surface area contributed by atoms with Crippen molar-refractivity contribution < 1.29 is 4.79 Å². The van der Waals surface area contributed by atoms with E-state index in [0.29, 0.717) is 0 Å². The molecule has 0 aliphatic heterocycles. The molecule has 1 fully saturated rings. The lowest BCUT2D eigenvalue weighted by atomic mass is 9.80. The number of carbonyl (C=O) groups is 1. The summed E-state index contributed by atoms with van der Waals surface area (Å²) < 4.78 is 0. The Hall–Kier alpha value is -0.320. The highest BCUT2D eigenvalue weighted by Gasteiger charge is 2.34. The number of hydrogen-bond acceptors (Lipinski definition) is 3. The summed E-state index contributed by atoms with van der Waals surface area (Å²) in [4.78, 5) is 14.2. The first-order valence-corrected chi connectivity index (χ1v) is 7.10. The Balaban J connectivity index is 0.00000324. The first-order valence-electron chi connectivity index (χ1n) is 7.10. The highest BCUT2D eigenvalue weighted by Crippen LogP contribution is 2.31. The van der Waals surface area contributed by atoms with E-state index in [-0.39, 0.29) is 29.8 Å². The highest BCUT2D eigenvalue weighted by molar-refractivity contribution is 5.85. The maximum atomic E-state index is 11.9. The molecular formula is C14H30ClN3O. The third kappa shape index (κ3) is 4.93. The molecule has 114 valence electrons. The Morgan fingerprint density at radius 1 is 1.26 bits per heavy atom. The molecule has 0 saturated heterocycles. The summed E-state index contributed by atoms with van der Waals surface area (Å²) in [6.45, 7) is 4.68. The number of halogens is 1. The van der Waals surface area contributed by atoms with Crippen molar-refractivity contribution in [1.82, 2.24) is 10.2 Å². The molecule has 0 aromatic heterocycles. The lowest BCUT2D eigenvalue weighted by Gasteiger charge is -2.43. The van der Waals surface area contributed by atoms with Gasteiger partial charge in [-0.05, 0) is 32.9 Å². The molecule has 5 heteroatoms. The molecule has 1 saturated carbocycles. The van der Waals surface area contributed by atoms with Gasteiger partial charge in [0.2, 0.25) is 5.91 Å². The molecule has 0 aromatic rings. The molecule has 1 rings (SSSR count). The van der Waals surface area contributed by atoms with Gasteiger partial charge in [-0.15, -0.1) is 12.4 Å². The maximum absolute atomic E-state index is 11.9. The smallest absolute Gasteiger partial charge is 0.237 e. The first-order chi connectivity index (χ1) is 8.39. The largest absolute Gasteiger partial charge is 0.353 e. The van der Waals surface area contributed by atoms with E-state index in [4.69, 9.17) is 5.73 Å². The second kappa shape index (κ2) is 8.08. The quantitative estimate of drug-likeness (QED) is 0.812. The Bertz CT molecular complexity index is 276. The Morgan fingerprint density at radius 2 is 1.79 bits per heavy atom. The molecule has 0 heterocycles. The van der Waals surface area contributed by atoms with Gasteiger partial charge in [0.15, 0.2) is 0 Å². The van der Waals surface area contributed by atoms with Gasteiger partial charge < -0.3 is 16.0 Å². The molecule has 0 bridgehead atoms. The van der Waals surface area contributed by atoms with Crippen molar-refractivity contribution in [3.8, 4) is 0 Å². The van der Waals surface area contributed by atoms with Gasteiger partial charge in [-0.1, -0.05) is 33.1 Å². The lowest BCUT2D eigenvalue weighted by molar-refractivity contribution is -0.124. The Labute approximate surface area is 123 Å². The minimum absolute atomic E-state index is 0. The van der Waals surface area contributed by atoms with Crippen molar-refractivity contribution in [1.29, 1.82) is 0 Å².